The van der Waals surface area contributed by atoms with E-state index in [9.17, 15) is 4.79 Å². The minimum absolute atomic E-state index is 0.261. The van der Waals surface area contributed by atoms with Crippen LogP contribution < -0.4 is 15.4 Å². The van der Waals surface area contributed by atoms with Gasteiger partial charge >= 0.3 is 0 Å². The van der Waals surface area contributed by atoms with E-state index in [0.717, 1.165) is 21.6 Å². The van der Waals surface area contributed by atoms with Gasteiger partial charge in [-0.15, -0.1) is 0 Å². The number of amides is 1. The Morgan fingerprint density at radius 2 is 1.72 bits per heavy atom. The van der Waals surface area contributed by atoms with Gasteiger partial charge in [-0.3, -0.25) is 4.79 Å². The molecule has 1 amide bonds. The van der Waals surface area contributed by atoms with E-state index in [-0.39, 0.29) is 5.91 Å². The molecule has 0 aliphatic carbocycles. The Balaban J connectivity index is 1.67. The van der Waals surface area contributed by atoms with Gasteiger partial charge in [0.05, 0.1) is 24.7 Å². The number of para-hydroxylation sites is 1. The maximum atomic E-state index is 12.3. The monoisotopic (exact) mass is 397 g/mol. The van der Waals surface area contributed by atoms with Crippen molar-refractivity contribution >= 4 is 38.9 Å². The van der Waals surface area contributed by atoms with Crippen LogP contribution in [0.5, 0.6) is 5.75 Å². The number of benzene rings is 2. The fourth-order valence-electron chi connectivity index (χ4n) is 2.19. The molecule has 0 radical (unpaired) electrons. The van der Waals surface area contributed by atoms with Crippen LogP contribution in [0.15, 0.2) is 71.3 Å². The summed E-state index contributed by atoms with van der Waals surface area (Å²) in [5.74, 6) is 0.533. The van der Waals surface area contributed by atoms with E-state index < -0.39 is 0 Å². The number of rotatable bonds is 5. The number of hydrogen-bond acceptors (Lipinski definition) is 4. The second kappa shape index (κ2) is 7.81. The fourth-order valence-corrected chi connectivity index (χ4v) is 2.58. The Kier molecular flexibility index (Phi) is 5.30. The van der Waals surface area contributed by atoms with Crippen molar-refractivity contribution < 1.29 is 9.53 Å². The Morgan fingerprint density at radius 1 is 1.00 bits per heavy atom. The zero-order chi connectivity index (χ0) is 17.6. The molecule has 3 aromatic rings. The molecule has 0 spiro atoms. The average molecular weight is 398 g/mol. The molecule has 3 rings (SSSR count). The van der Waals surface area contributed by atoms with Crippen LogP contribution in [0.4, 0.5) is 17.1 Å². The predicted octanol–water partition coefficient (Wildman–Crippen LogP) is 4.85. The first kappa shape index (κ1) is 17.0. The van der Waals surface area contributed by atoms with Gasteiger partial charge in [-0.25, -0.2) is 4.98 Å². The molecule has 126 valence electrons. The molecule has 0 bridgehead atoms. The molecule has 0 atom stereocenters. The van der Waals surface area contributed by atoms with Crippen molar-refractivity contribution in [1.82, 2.24) is 4.98 Å². The molecule has 0 unspecified atom stereocenters. The third-order valence-corrected chi connectivity index (χ3v) is 4.19. The van der Waals surface area contributed by atoms with E-state index in [1.165, 1.54) is 0 Å². The van der Waals surface area contributed by atoms with Crippen molar-refractivity contribution in [3.63, 3.8) is 0 Å². The van der Waals surface area contributed by atoms with E-state index >= 15 is 0 Å². The second-order valence-electron chi connectivity index (χ2n) is 5.22. The SMILES string of the molecule is COc1ccc(Nc2ccc(C(=O)Nc3ccccc3Br)nc2)cc1. The lowest BCUT2D eigenvalue weighted by atomic mass is 10.2. The first-order valence-corrected chi connectivity index (χ1v) is 8.38. The van der Waals surface area contributed by atoms with E-state index in [4.69, 9.17) is 4.74 Å². The topological polar surface area (TPSA) is 63.2 Å². The van der Waals surface area contributed by atoms with Crippen LogP contribution in [0.3, 0.4) is 0 Å². The first-order chi connectivity index (χ1) is 12.2. The molecule has 0 aliphatic rings. The minimum atomic E-state index is -0.261. The summed E-state index contributed by atoms with van der Waals surface area (Å²) in [6.07, 6.45) is 1.62. The Bertz CT molecular complexity index is 865. The van der Waals surface area contributed by atoms with Gasteiger partial charge in [0.1, 0.15) is 11.4 Å². The molecule has 0 saturated carbocycles. The lowest BCUT2D eigenvalue weighted by molar-refractivity contribution is 0.102. The number of carbonyl (C=O) groups is 1. The molecule has 2 N–H and O–H groups in total. The molecule has 5 nitrogen and oxygen atoms in total. The Morgan fingerprint density at radius 3 is 2.36 bits per heavy atom. The van der Waals surface area contributed by atoms with Crippen molar-refractivity contribution in [2.75, 3.05) is 17.7 Å². The highest BCUT2D eigenvalue weighted by molar-refractivity contribution is 9.10. The summed E-state index contributed by atoms with van der Waals surface area (Å²) in [6, 6.07) is 18.5. The number of nitrogens with one attached hydrogen (secondary N) is 2. The third kappa shape index (κ3) is 4.36. The summed E-state index contributed by atoms with van der Waals surface area (Å²) in [6.45, 7) is 0. The normalized spacial score (nSPS) is 10.2. The number of anilines is 3. The van der Waals surface area contributed by atoms with Gasteiger partial charge in [-0.2, -0.15) is 0 Å². The summed E-state index contributed by atoms with van der Waals surface area (Å²) >= 11 is 3.40. The smallest absolute Gasteiger partial charge is 0.274 e. The van der Waals surface area contributed by atoms with Gasteiger partial charge in [0.25, 0.3) is 5.91 Å². The van der Waals surface area contributed by atoms with Crippen LogP contribution in [-0.4, -0.2) is 18.0 Å². The average Bonchev–Trinajstić information content (AvgIpc) is 2.65. The lowest BCUT2D eigenvalue weighted by Crippen LogP contribution is -2.13. The van der Waals surface area contributed by atoms with Crippen LogP contribution in [0, 0.1) is 0 Å². The third-order valence-electron chi connectivity index (χ3n) is 3.50. The summed E-state index contributed by atoms with van der Waals surface area (Å²) < 4.78 is 5.95. The van der Waals surface area contributed by atoms with Crippen LogP contribution in [0.25, 0.3) is 0 Å². The van der Waals surface area contributed by atoms with Gasteiger partial charge in [0.15, 0.2) is 0 Å². The number of methoxy groups -OCH3 is 1. The van der Waals surface area contributed by atoms with Gasteiger partial charge in [0, 0.05) is 10.2 Å². The molecule has 6 heteroatoms. The highest BCUT2D eigenvalue weighted by Crippen LogP contribution is 2.22. The van der Waals surface area contributed by atoms with E-state index in [1.807, 2.05) is 54.6 Å². The summed E-state index contributed by atoms with van der Waals surface area (Å²) in [5, 5.41) is 6.05. The number of halogens is 1. The number of carbonyl (C=O) groups excluding carboxylic acids is 1. The lowest BCUT2D eigenvalue weighted by Gasteiger charge is -2.09. The van der Waals surface area contributed by atoms with Crippen molar-refractivity contribution in [3.8, 4) is 5.75 Å². The van der Waals surface area contributed by atoms with Gasteiger partial charge in [0.2, 0.25) is 0 Å². The van der Waals surface area contributed by atoms with Gasteiger partial charge in [-0.1, -0.05) is 12.1 Å². The Hall–Kier alpha value is -2.86. The maximum Gasteiger partial charge on any atom is 0.274 e. The van der Waals surface area contributed by atoms with Crippen molar-refractivity contribution in [2.24, 2.45) is 0 Å². The zero-order valence-electron chi connectivity index (χ0n) is 13.5. The van der Waals surface area contributed by atoms with Crippen molar-refractivity contribution in [2.45, 2.75) is 0 Å². The second-order valence-corrected chi connectivity index (χ2v) is 6.07. The van der Waals surface area contributed by atoms with Gasteiger partial charge < -0.3 is 15.4 Å². The number of ether oxygens (including phenoxy) is 1. The predicted molar refractivity (Wildman–Crippen MR) is 103 cm³/mol. The van der Waals surface area contributed by atoms with Crippen LogP contribution in [-0.2, 0) is 0 Å². The summed E-state index contributed by atoms with van der Waals surface area (Å²) in [4.78, 5) is 16.5. The number of pyridine rings is 1. The molecule has 2 aromatic carbocycles. The molecule has 0 aliphatic heterocycles. The molecule has 1 aromatic heterocycles. The highest BCUT2D eigenvalue weighted by Gasteiger charge is 2.09. The molecule has 25 heavy (non-hydrogen) atoms. The standard InChI is InChI=1S/C19H16BrN3O2/c1-25-15-9-6-13(7-10-15)22-14-8-11-18(21-12-14)19(24)23-17-5-3-2-4-16(17)20/h2-12,22H,1H3,(H,23,24). The molecular formula is C19H16BrN3O2. The molecular weight excluding hydrogens is 382 g/mol. The van der Waals surface area contributed by atoms with E-state index in [1.54, 1.807) is 19.4 Å². The quantitative estimate of drug-likeness (QED) is 0.645. The number of hydrogen-bond donors (Lipinski definition) is 2. The van der Waals surface area contributed by atoms with Crippen molar-refractivity contribution in [1.29, 1.82) is 0 Å². The number of nitrogens with zero attached hydrogens (tertiary/aromatic N) is 1. The number of aromatic nitrogens is 1. The van der Waals surface area contributed by atoms with E-state index in [2.05, 4.69) is 31.5 Å². The first-order valence-electron chi connectivity index (χ1n) is 7.59. The van der Waals surface area contributed by atoms with E-state index in [0.29, 0.717) is 11.4 Å². The van der Waals surface area contributed by atoms with Crippen LogP contribution >= 0.6 is 15.9 Å². The zero-order valence-corrected chi connectivity index (χ0v) is 15.1. The minimum Gasteiger partial charge on any atom is -0.497 e. The molecule has 0 saturated heterocycles. The van der Waals surface area contributed by atoms with Crippen LogP contribution in [0.2, 0.25) is 0 Å². The molecule has 1 heterocycles. The highest BCUT2D eigenvalue weighted by atomic mass is 79.9. The largest absolute Gasteiger partial charge is 0.497 e. The van der Waals surface area contributed by atoms with Crippen molar-refractivity contribution in [3.05, 3.63) is 77.0 Å². The van der Waals surface area contributed by atoms with Gasteiger partial charge in [-0.05, 0) is 64.5 Å². The Labute approximate surface area is 154 Å². The summed E-state index contributed by atoms with van der Waals surface area (Å²) in [5.41, 5.74) is 2.75. The van der Waals surface area contributed by atoms with Crippen LogP contribution in [0.1, 0.15) is 10.5 Å². The summed E-state index contributed by atoms with van der Waals surface area (Å²) in [7, 11) is 1.63. The fraction of sp³-hybridized carbons (Fsp3) is 0.0526. The molecule has 0 fully saturated rings. The maximum absolute atomic E-state index is 12.3.